The summed E-state index contributed by atoms with van der Waals surface area (Å²) >= 11 is 1.61. The Morgan fingerprint density at radius 3 is 2.64 bits per heavy atom. The van der Waals surface area contributed by atoms with Crippen LogP contribution in [0.1, 0.15) is 65.2 Å². The highest BCUT2D eigenvalue weighted by atomic mass is 32.2. The summed E-state index contributed by atoms with van der Waals surface area (Å²) in [7, 11) is 0. The van der Waals surface area contributed by atoms with Gasteiger partial charge >= 0.3 is 0 Å². The number of carbonyl (C=O) groups excluding carboxylic acids is 4. The number of hydrogen-bond donors (Lipinski definition) is 4. The molecule has 4 amide bonds. The van der Waals surface area contributed by atoms with Crippen molar-refractivity contribution in [3.05, 3.63) is 107 Å². The van der Waals surface area contributed by atoms with E-state index in [1.54, 1.807) is 22.7 Å². The van der Waals surface area contributed by atoms with Crippen LogP contribution in [0.4, 0.5) is 11.4 Å². The van der Waals surface area contributed by atoms with Gasteiger partial charge in [0.15, 0.2) is 0 Å². The first-order chi connectivity index (χ1) is 25.9. The maximum Gasteiger partial charge on any atom is 0.255 e. The molecule has 4 aromatic rings. The number of nitrogens with one attached hydrogen (secondary N) is 3. The number of imide groups is 1. The second kappa shape index (κ2) is 15.1. The smallest absolute Gasteiger partial charge is 0.255 e. The van der Waals surface area contributed by atoms with Crippen LogP contribution < -0.4 is 16.0 Å². The number of aliphatic hydroxyl groups excluding tert-OH is 1. The minimum atomic E-state index is -0.649. The predicted octanol–water partition coefficient (Wildman–Crippen LogP) is 5.37. The van der Waals surface area contributed by atoms with E-state index in [0.29, 0.717) is 43.0 Å². The van der Waals surface area contributed by atoms with Crippen molar-refractivity contribution in [1.29, 1.82) is 0 Å². The summed E-state index contributed by atoms with van der Waals surface area (Å²) in [5, 5.41) is 19.3. The molecule has 0 aliphatic carbocycles. The number of nitrogens with zero attached hydrogens (tertiary/aromatic N) is 3. The molecule has 4 atom stereocenters. The lowest BCUT2D eigenvalue weighted by molar-refractivity contribution is -0.137. The van der Waals surface area contributed by atoms with Gasteiger partial charge in [0.2, 0.25) is 17.7 Å². The Labute approximate surface area is 312 Å². The molecule has 53 heavy (non-hydrogen) atoms. The minimum Gasteiger partial charge on any atom is -0.394 e. The van der Waals surface area contributed by atoms with E-state index in [9.17, 15) is 24.3 Å². The molecule has 3 aromatic carbocycles. The summed E-state index contributed by atoms with van der Waals surface area (Å²) in [5.41, 5.74) is 7.81. The fraction of sp³-hybridized carbons (Fsp3) is 0.341. The van der Waals surface area contributed by atoms with Crippen molar-refractivity contribution >= 4 is 46.8 Å². The van der Waals surface area contributed by atoms with Crippen LogP contribution in [0.5, 0.6) is 0 Å². The molecular formula is C41H42N6O5S. The molecule has 11 nitrogen and oxygen atoms in total. The third-order valence-corrected chi connectivity index (χ3v) is 12.1. The number of hydrogen-bond acceptors (Lipinski definition) is 9. The van der Waals surface area contributed by atoms with Crippen LogP contribution in [0.3, 0.4) is 0 Å². The molecule has 4 N–H and O–H groups in total. The normalized spacial score (nSPS) is 22.1. The van der Waals surface area contributed by atoms with Gasteiger partial charge in [0, 0.05) is 72.1 Å². The number of rotatable bonds is 11. The van der Waals surface area contributed by atoms with Gasteiger partial charge in [-0.15, -0.1) is 11.8 Å². The van der Waals surface area contributed by atoms with Crippen LogP contribution in [0.25, 0.3) is 11.1 Å². The molecule has 0 radical (unpaired) electrons. The summed E-state index contributed by atoms with van der Waals surface area (Å²) < 4.78 is 0. The topological polar surface area (TPSA) is 144 Å². The van der Waals surface area contributed by atoms with Crippen molar-refractivity contribution < 1.29 is 24.3 Å². The van der Waals surface area contributed by atoms with E-state index >= 15 is 0 Å². The molecule has 0 spiro atoms. The molecule has 1 aromatic heterocycles. The minimum absolute atomic E-state index is 0.00535. The number of amides is 4. The van der Waals surface area contributed by atoms with Gasteiger partial charge in [0.05, 0.1) is 12.6 Å². The molecule has 8 rings (SSSR count). The zero-order valence-electron chi connectivity index (χ0n) is 29.3. The molecule has 1 unspecified atom stereocenters. The lowest BCUT2D eigenvalue weighted by Crippen LogP contribution is -2.52. The van der Waals surface area contributed by atoms with Crippen molar-refractivity contribution in [3.8, 4) is 11.1 Å². The van der Waals surface area contributed by atoms with E-state index < -0.39 is 11.9 Å². The van der Waals surface area contributed by atoms with Crippen LogP contribution >= 0.6 is 11.8 Å². The second-order valence-corrected chi connectivity index (χ2v) is 15.4. The van der Waals surface area contributed by atoms with Gasteiger partial charge < -0.3 is 20.6 Å². The Morgan fingerprint density at radius 2 is 1.81 bits per heavy atom. The molecule has 4 aliphatic rings. The van der Waals surface area contributed by atoms with Crippen molar-refractivity contribution in [2.75, 3.05) is 29.5 Å². The Bertz CT molecular complexity index is 2060. The van der Waals surface area contributed by atoms with Crippen molar-refractivity contribution in [1.82, 2.24) is 20.1 Å². The van der Waals surface area contributed by atoms with Crippen LogP contribution in [-0.4, -0.2) is 74.5 Å². The fourth-order valence-corrected chi connectivity index (χ4v) is 9.38. The number of carbonyl (C=O) groups is 4. The third-order valence-electron chi connectivity index (χ3n) is 10.9. The van der Waals surface area contributed by atoms with E-state index in [4.69, 9.17) is 0 Å². The van der Waals surface area contributed by atoms with Gasteiger partial charge in [0.1, 0.15) is 6.04 Å². The van der Waals surface area contributed by atoms with Gasteiger partial charge in [0.25, 0.3) is 5.91 Å². The summed E-state index contributed by atoms with van der Waals surface area (Å²) in [5.74, 6) is 0.0114. The summed E-state index contributed by atoms with van der Waals surface area (Å²) in [6.45, 7) is 2.19. The maximum absolute atomic E-state index is 13.2. The van der Waals surface area contributed by atoms with Gasteiger partial charge in [-0.2, -0.15) is 0 Å². The Morgan fingerprint density at radius 1 is 0.981 bits per heavy atom. The Balaban J connectivity index is 0.890. The lowest BCUT2D eigenvalue weighted by atomic mass is 9.82. The van der Waals surface area contributed by atoms with Crippen LogP contribution in [-0.2, 0) is 27.5 Å². The highest BCUT2D eigenvalue weighted by Gasteiger charge is 2.44. The molecule has 0 bridgehead atoms. The predicted molar refractivity (Wildman–Crippen MR) is 203 cm³/mol. The number of fused-ring (bicyclic) bond motifs is 4. The quantitative estimate of drug-likeness (QED) is 0.0910. The fourth-order valence-electron chi connectivity index (χ4n) is 8.34. The molecule has 272 valence electrons. The number of anilines is 2. The van der Waals surface area contributed by atoms with Gasteiger partial charge in [-0.3, -0.25) is 34.4 Å². The van der Waals surface area contributed by atoms with Crippen LogP contribution in [0.15, 0.2) is 90.1 Å². The summed E-state index contributed by atoms with van der Waals surface area (Å²) in [6.07, 6.45) is 6.22. The largest absolute Gasteiger partial charge is 0.394 e. The standard InChI is InChI=1S/C41H42N6O5S/c48-24-34-30-15-18-46(22-25-13-16-42-17-14-25)39(30)31-21-27(9-10-33(31)44-34)26-4-1-5-28(20-26)43-37(49)8-3-19-53-36-7-2-6-29-32(36)23-47(41(29)52)35-11-12-38(50)45-40(35)51/h1-2,4-7,9-10,13-14,16-17,20-21,30,34-35,39,44,48H,3,8,11-12,15,18-19,22-24H2,(H,43,49)(H,45,50,51)/t30-,34-,35?,39-/m1/s1. The molecule has 0 saturated carbocycles. The summed E-state index contributed by atoms with van der Waals surface area (Å²) in [4.78, 5) is 59.5. The average Bonchev–Trinajstić information content (AvgIpc) is 3.74. The van der Waals surface area contributed by atoms with E-state index in [1.807, 2.05) is 42.7 Å². The van der Waals surface area contributed by atoms with E-state index in [0.717, 1.165) is 52.5 Å². The number of aliphatic hydroxyl groups is 1. The van der Waals surface area contributed by atoms with Crippen LogP contribution in [0, 0.1) is 5.92 Å². The monoisotopic (exact) mass is 730 g/mol. The molecular weight excluding hydrogens is 689 g/mol. The number of benzene rings is 3. The van der Waals surface area contributed by atoms with Gasteiger partial charge in [-0.1, -0.05) is 24.3 Å². The SMILES string of the molecule is O=C1CCC(N2Cc3c(SCCCC(=O)Nc4cccc(-c5ccc6c(c5)[C@H]5[C@H](CCN5Cc5ccncc5)[C@@H](CO)N6)c4)cccc3C2=O)C(=O)N1. The van der Waals surface area contributed by atoms with Crippen molar-refractivity contribution in [2.45, 2.75) is 68.2 Å². The third kappa shape index (κ3) is 7.18. The van der Waals surface area contributed by atoms with E-state index in [-0.39, 0.29) is 42.8 Å². The number of piperidine rings is 1. The molecule has 12 heteroatoms. The van der Waals surface area contributed by atoms with Crippen molar-refractivity contribution in [2.24, 2.45) is 5.92 Å². The van der Waals surface area contributed by atoms with Gasteiger partial charge in [-0.25, -0.2) is 0 Å². The van der Waals surface area contributed by atoms with E-state index in [1.165, 1.54) is 11.1 Å². The zero-order valence-corrected chi connectivity index (χ0v) is 30.1. The maximum atomic E-state index is 13.2. The number of aromatic nitrogens is 1. The first-order valence-corrected chi connectivity index (χ1v) is 19.3. The number of likely N-dealkylation sites (tertiary alicyclic amines) is 1. The number of pyridine rings is 1. The van der Waals surface area contributed by atoms with E-state index in [2.05, 4.69) is 62.2 Å². The molecule has 5 heterocycles. The Hall–Kier alpha value is -5.04. The lowest BCUT2D eigenvalue weighted by Gasteiger charge is -2.39. The van der Waals surface area contributed by atoms with Crippen LogP contribution in [0.2, 0.25) is 0 Å². The Kier molecular flexibility index (Phi) is 10.00. The second-order valence-electron chi connectivity index (χ2n) is 14.2. The zero-order chi connectivity index (χ0) is 36.5. The molecule has 4 aliphatic heterocycles. The highest BCUT2D eigenvalue weighted by Crippen LogP contribution is 2.48. The number of thioether (sulfide) groups is 1. The molecule has 2 fully saturated rings. The van der Waals surface area contributed by atoms with Gasteiger partial charge in [-0.05, 0) is 108 Å². The average molecular weight is 731 g/mol. The summed E-state index contributed by atoms with van der Waals surface area (Å²) in [6, 6.07) is 23.7. The first-order valence-electron chi connectivity index (χ1n) is 18.3. The molecule has 2 saturated heterocycles. The highest BCUT2D eigenvalue weighted by molar-refractivity contribution is 7.99. The van der Waals surface area contributed by atoms with Crippen molar-refractivity contribution in [3.63, 3.8) is 0 Å². The first kappa shape index (κ1) is 35.0.